The number of hydrogen-bond donors (Lipinski definition) is 2. The van der Waals surface area contributed by atoms with Gasteiger partial charge in [0.15, 0.2) is 0 Å². The van der Waals surface area contributed by atoms with Crippen LogP contribution in [0.25, 0.3) is 0 Å². The van der Waals surface area contributed by atoms with Crippen molar-refractivity contribution in [1.29, 1.82) is 0 Å². The highest BCUT2D eigenvalue weighted by atomic mass is 32.2. The fraction of sp³-hybridized carbons (Fsp3) is 0.533. The van der Waals surface area contributed by atoms with Crippen molar-refractivity contribution in [1.82, 2.24) is 4.72 Å². The molecule has 0 radical (unpaired) electrons. The van der Waals surface area contributed by atoms with E-state index < -0.39 is 22.0 Å². The lowest BCUT2D eigenvalue weighted by molar-refractivity contribution is -0.00928. The van der Waals surface area contributed by atoms with Crippen molar-refractivity contribution in [3.63, 3.8) is 0 Å². The minimum absolute atomic E-state index is 0.263. The van der Waals surface area contributed by atoms with Crippen LogP contribution in [0.2, 0.25) is 0 Å². The summed E-state index contributed by atoms with van der Waals surface area (Å²) in [6, 6.07) is 6.11. The molecular formula is C15H20N2O5S. The molecule has 2 aliphatic rings. The molecular weight excluding hydrogens is 320 g/mol. The fourth-order valence-electron chi connectivity index (χ4n) is 2.52. The maximum Gasteiger partial charge on any atom is 0.248 e. The molecule has 0 bridgehead atoms. The Morgan fingerprint density at radius 3 is 2.52 bits per heavy atom. The predicted molar refractivity (Wildman–Crippen MR) is 83.7 cm³/mol. The number of nitrogens with one attached hydrogen (secondary N) is 1. The highest BCUT2D eigenvalue weighted by molar-refractivity contribution is 7.90. The summed E-state index contributed by atoms with van der Waals surface area (Å²) in [4.78, 5) is 11.1. The molecule has 1 aromatic carbocycles. The third-order valence-corrected chi connectivity index (χ3v) is 5.99. The van der Waals surface area contributed by atoms with E-state index in [0.29, 0.717) is 30.9 Å². The van der Waals surface area contributed by atoms with Gasteiger partial charge in [-0.1, -0.05) is 0 Å². The molecule has 3 rings (SSSR count). The third kappa shape index (κ3) is 4.01. The number of sulfonamides is 1. The topological polar surface area (TPSA) is 108 Å². The molecule has 0 spiro atoms. The van der Waals surface area contributed by atoms with Crippen LogP contribution in [-0.4, -0.2) is 44.9 Å². The van der Waals surface area contributed by atoms with Gasteiger partial charge in [0.1, 0.15) is 11.9 Å². The molecule has 0 unspecified atom stereocenters. The average molecular weight is 340 g/mol. The van der Waals surface area contributed by atoms with Crippen LogP contribution in [0.3, 0.4) is 0 Å². The van der Waals surface area contributed by atoms with Crippen molar-refractivity contribution in [3.8, 4) is 5.75 Å². The molecule has 2 fully saturated rings. The first-order valence-corrected chi connectivity index (χ1v) is 9.16. The number of carbonyl (C=O) groups is 1. The summed E-state index contributed by atoms with van der Waals surface area (Å²) in [7, 11) is -3.28. The maximum atomic E-state index is 12.1. The first kappa shape index (κ1) is 16.2. The van der Waals surface area contributed by atoms with E-state index in [0.717, 1.165) is 12.8 Å². The SMILES string of the molecule is NC(=O)c1ccc(O[C@@H]2COCC[C@H]2NS(=O)(=O)C2CC2)cc1. The molecule has 8 heteroatoms. The Labute approximate surface area is 135 Å². The number of hydrogen-bond acceptors (Lipinski definition) is 5. The van der Waals surface area contributed by atoms with E-state index in [2.05, 4.69) is 4.72 Å². The van der Waals surface area contributed by atoms with Gasteiger partial charge < -0.3 is 15.2 Å². The second-order valence-electron chi connectivity index (χ2n) is 5.88. The number of primary amides is 1. The lowest BCUT2D eigenvalue weighted by Gasteiger charge is -2.32. The highest BCUT2D eigenvalue weighted by Gasteiger charge is 2.39. The minimum Gasteiger partial charge on any atom is -0.486 e. The van der Waals surface area contributed by atoms with Crippen molar-refractivity contribution >= 4 is 15.9 Å². The van der Waals surface area contributed by atoms with Gasteiger partial charge in [0, 0.05) is 12.2 Å². The molecule has 1 saturated heterocycles. The molecule has 23 heavy (non-hydrogen) atoms. The Balaban J connectivity index is 1.67. The summed E-state index contributed by atoms with van der Waals surface area (Å²) in [6.45, 7) is 0.813. The zero-order chi connectivity index (χ0) is 16.4. The van der Waals surface area contributed by atoms with Crippen LogP contribution in [-0.2, 0) is 14.8 Å². The minimum atomic E-state index is -3.28. The summed E-state index contributed by atoms with van der Waals surface area (Å²) >= 11 is 0. The summed E-state index contributed by atoms with van der Waals surface area (Å²) < 4.78 is 38.2. The molecule has 7 nitrogen and oxygen atoms in total. The van der Waals surface area contributed by atoms with Crippen LogP contribution in [0.4, 0.5) is 0 Å². The number of amides is 1. The van der Waals surface area contributed by atoms with E-state index in [1.165, 1.54) is 0 Å². The summed E-state index contributed by atoms with van der Waals surface area (Å²) in [5.41, 5.74) is 5.59. The predicted octanol–water partition coefficient (Wildman–Crippen LogP) is 0.404. The zero-order valence-corrected chi connectivity index (χ0v) is 13.4. The molecule has 126 valence electrons. The Bertz CT molecular complexity index is 670. The van der Waals surface area contributed by atoms with Crippen LogP contribution < -0.4 is 15.2 Å². The van der Waals surface area contributed by atoms with Crippen molar-refractivity contribution < 1.29 is 22.7 Å². The molecule has 1 aliphatic heterocycles. The second kappa shape index (κ2) is 6.46. The Morgan fingerprint density at radius 1 is 1.22 bits per heavy atom. The number of rotatable bonds is 6. The molecule has 2 atom stereocenters. The quantitative estimate of drug-likeness (QED) is 0.779. The van der Waals surface area contributed by atoms with Gasteiger partial charge in [0.05, 0.1) is 17.9 Å². The summed E-state index contributed by atoms with van der Waals surface area (Å²) in [6.07, 6.45) is 1.60. The van der Waals surface area contributed by atoms with Crippen molar-refractivity contribution in [2.75, 3.05) is 13.2 Å². The van der Waals surface area contributed by atoms with Crippen molar-refractivity contribution in [2.24, 2.45) is 5.73 Å². The van der Waals surface area contributed by atoms with Crippen LogP contribution in [0.15, 0.2) is 24.3 Å². The largest absolute Gasteiger partial charge is 0.486 e. The van der Waals surface area contributed by atoms with Crippen LogP contribution >= 0.6 is 0 Å². The Kier molecular flexibility index (Phi) is 4.56. The number of carbonyl (C=O) groups excluding carboxylic acids is 1. The second-order valence-corrected chi connectivity index (χ2v) is 7.87. The molecule has 1 aliphatic carbocycles. The van der Waals surface area contributed by atoms with Gasteiger partial charge in [-0.2, -0.15) is 0 Å². The first-order valence-electron chi connectivity index (χ1n) is 7.61. The number of benzene rings is 1. The first-order chi connectivity index (χ1) is 11.0. The third-order valence-electron chi connectivity index (χ3n) is 4.01. The smallest absolute Gasteiger partial charge is 0.248 e. The highest BCUT2D eigenvalue weighted by Crippen LogP contribution is 2.28. The van der Waals surface area contributed by atoms with Gasteiger partial charge in [0.25, 0.3) is 0 Å². The summed E-state index contributed by atoms with van der Waals surface area (Å²) in [5.74, 6) is 0.0359. The van der Waals surface area contributed by atoms with E-state index in [1.54, 1.807) is 24.3 Å². The standard InChI is InChI=1S/C15H20N2O5S/c16-15(18)10-1-3-11(4-2-10)22-14-9-21-8-7-13(14)17-23(19,20)12-5-6-12/h1-4,12-14,17H,5-9H2,(H2,16,18)/t13-,14-/m1/s1. The van der Waals surface area contributed by atoms with Crippen molar-refractivity contribution in [2.45, 2.75) is 36.7 Å². The lowest BCUT2D eigenvalue weighted by atomic mass is 10.1. The van der Waals surface area contributed by atoms with E-state index in [9.17, 15) is 13.2 Å². The number of ether oxygens (including phenoxy) is 2. The van der Waals surface area contributed by atoms with Gasteiger partial charge in [-0.15, -0.1) is 0 Å². The van der Waals surface area contributed by atoms with Crippen LogP contribution in [0.5, 0.6) is 5.75 Å². The summed E-state index contributed by atoms with van der Waals surface area (Å²) in [5, 5.41) is -0.263. The molecule has 1 amide bonds. The van der Waals surface area contributed by atoms with Gasteiger partial charge in [-0.05, 0) is 43.5 Å². The monoisotopic (exact) mass is 340 g/mol. The number of nitrogens with two attached hydrogens (primary N) is 1. The van der Waals surface area contributed by atoms with Gasteiger partial charge in [0.2, 0.25) is 15.9 Å². The fourth-order valence-corrected chi connectivity index (χ4v) is 4.16. The van der Waals surface area contributed by atoms with E-state index in [-0.39, 0.29) is 11.3 Å². The maximum absolute atomic E-state index is 12.1. The van der Waals surface area contributed by atoms with Gasteiger partial charge in [-0.3, -0.25) is 4.79 Å². The Hall–Kier alpha value is -1.64. The van der Waals surface area contributed by atoms with E-state index in [4.69, 9.17) is 15.2 Å². The van der Waals surface area contributed by atoms with E-state index in [1.807, 2.05) is 0 Å². The normalized spacial score (nSPS) is 25.0. The lowest BCUT2D eigenvalue weighted by Crippen LogP contribution is -2.52. The Morgan fingerprint density at radius 2 is 1.91 bits per heavy atom. The average Bonchev–Trinajstić information content (AvgIpc) is 3.35. The van der Waals surface area contributed by atoms with Crippen molar-refractivity contribution in [3.05, 3.63) is 29.8 Å². The molecule has 1 saturated carbocycles. The molecule has 0 aromatic heterocycles. The van der Waals surface area contributed by atoms with Crippen LogP contribution in [0, 0.1) is 0 Å². The zero-order valence-electron chi connectivity index (χ0n) is 12.6. The van der Waals surface area contributed by atoms with E-state index >= 15 is 0 Å². The van der Waals surface area contributed by atoms with Crippen LogP contribution in [0.1, 0.15) is 29.6 Å². The van der Waals surface area contributed by atoms with Gasteiger partial charge >= 0.3 is 0 Å². The molecule has 1 aromatic rings. The molecule has 1 heterocycles. The molecule has 3 N–H and O–H groups in total. The van der Waals surface area contributed by atoms with Gasteiger partial charge in [-0.25, -0.2) is 13.1 Å².